The Bertz CT molecular complexity index is 1090. The third-order valence-electron chi connectivity index (χ3n) is 5.77. The number of aromatic nitrogens is 1. The number of carbonyl (C=O) groups is 2. The van der Waals surface area contributed by atoms with Crippen molar-refractivity contribution in [1.29, 1.82) is 0 Å². The number of rotatable bonds is 7. The van der Waals surface area contributed by atoms with E-state index in [9.17, 15) is 18.0 Å². The van der Waals surface area contributed by atoms with Crippen molar-refractivity contribution < 1.29 is 22.7 Å². The van der Waals surface area contributed by atoms with Gasteiger partial charge in [0.05, 0.1) is 23.1 Å². The smallest absolute Gasteiger partial charge is 0.309 e. The summed E-state index contributed by atoms with van der Waals surface area (Å²) in [7, 11) is -3.23. The Labute approximate surface area is 193 Å². The van der Waals surface area contributed by atoms with Crippen LogP contribution in [0.3, 0.4) is 0 Å². The number of thiazole rings is 1. The maximum atomic E-state index is 12.5. The molecule has 1 aromatic heterocycles. The lowest BCUT2D eigenvalue weighted by Gasteiger charge is -2.29. The maximum absolute atomic E-state index is 12.5. The van der Waals surface area contributed by atoms with E-state index in [1.807, 2.05) is 32.0 Å². The highest BCUT2D eigenvalue weighted by molar-refractivity contribution is 7.89. The van der Waals surface area contributed by atoms with E-state index in [2.05, 4.69) is 4.98 Å². The normalized spacial score (nSPS) is 15.5. The van der Waals surface area contributed by atoms with Gasteiger partial charge < -0.3 is 4.74 Å². The lowest BCUT2D eigenvalue weighted by atomic mass is 9.98. The molecule has 0 N–H and O–H groups in total. The highest BCUT2D eigenvalue weighted by Crippen LogP contribution is 2.32. The van der Waals surface area contributed by atoms with E-state index in [4.69, 9.17) is 4.74 Å². The average molecular weight is 480 g/mol. The molecule has 1 saturated heterocycles. The van der Waals surface area contributed by atoms with Crippen LogP contribution in [0, 0.1) is 19.8 Å². The van der Waals surface area contributed by atoms with Crippen molar-refractivity contribution in [3.8, 4) is 0 Å². The summed E-state index contributed by atoms with van der Waals surface area (Å²) in [6.45, 7) is 7.75. The minimum Gasteiger partial charge on any atom is -0.459 e. The molecule has 0 saturated carbocycles. The fourth-order valence-corrected chi connectivity index (χ4v) is 5.66. The quantitative estimate of drug-likeness (QED) is 0.564. The first-order valence-electron chi connectivity index (χ1n) is 10.6. The number of amides is 1. The van der Waals surface area contributed by atoms with E-state index in [1.165, 1.54) is 22.6 Å². The molecule has 32 heavy (non-hydrogen) atoms. The summed E-state index contributed by atoms with van der Waals surface area (Å²) in [5, 5.41) is 2.30. The van der Waals surface area contributed by atoms with Crippen LogP contribution in [0.25, 0.3) is 0 Å². The van der Waals surface area contributed by atoms with Crippen molar-refractivity contribution in [1.82, 2.24) is 9.29 Å². The number of carbonyl (C=O) groups excluding carboxylic acids is 2. The van der Waals surface area contributed by atoms with Crippen LogP contribution >= 0.6 is 11.3 Å². The van der Waals surface area contributed by atoms with Crippen molar-refractivity contribution in [3.63, 3.8) is 0 Å². The van der Waals surface area contributed by atoms with Crippen molar-refractivity contribution in [3.05, 3.63) is 40.4 Å². The van der Waals surface area contributed by atoms with Crippen LogP contribution in [-0.2, 0) is 31.0 Å². The standard InChI is InChI=1S/C22H29N3O5S2/c1-5-32(28,29)24-11-9-18(10-12-24)21(27)30-13-19-14-31-22(23-19)25(17(4)26)20-8-6-7-15(2)16(20)3/h6-8,14,18H,5,9-13H2,1-4H3. The average Bonchev–Trinajstić information content (AvgIpc) is 3.23. The predicted octanol–water partition coefficient (Wildman–Crippen LogP) is 3.55. The zero-order chi connectivity index (χ0) is 23.5. The molecule has 2 heterocycles. The highest BCUT2D eigenvalue weighted by Gasteiger charge is 2.31. The number of ether oxygens (including phenoxy) is 1. The Balaban J connectivity index is 1.62. The van der Waals surface area contributed by atoms with Gasteiger partial charge in [0, 0.05) is 25.4 Å². The van der Waals surface area contributed by atoms with E-state index >= 15 is 0 Å². The van der Waals surface area contributed by atoms with E-state index in [-0.39, 0.29) is 30.2 Å². The van der Waals surface area contributed by atoms with E-state index < -0.39 is 10.0 Å². The molecular weight excluding hydrogens is 450 g/mol. The van der Waals surface area contributed by atoms with Gasteiger partial charge in [0.25, 0.3) is 0 Å². The van der Waals surface area contributed by atoms with Crippen LogP contribution < -0.4 is 4.90 Å². The first kappa shape index (κ1) is 24.3. The van der Waals surface area contributed by atoms with Crippen LogP contribution in [0.1, 0.15) is 43.5 Å². The highest BCUT2D eigenvalue weighted by atomic mass is 32.2. The molecule has 10 heteroatoms. The van der Waals surface area contributed by atoms with Gasteiger partial charge in [-0.15, -0.1) is 11.3 Å². The molecule has 1 aliphatic heterocycles. The van der Waals surface area contributed by atoms with Gasteiger partial charge in [-0.05, 0) is 50.8 Å². The van der Waals surface area contributed by atoms with Gasteiger partial charge in [0.2, 0.25) is 15.9 Å². The second kappa shape index (κ2) is 10.1. The first-order valence-corrected chi connectivity index (χ1v) is 13.1. The molecule has 1 amide bonds. The summed E-state index contributed by atoms with van der Waals surface area (Å²) in [5.41, 5.74) is 3.43. The Morgan fingerprint density at radius 1 is 1.25 bits per heavy atom. The number of piperidine rings is 1. The topological polar surface area (TPSA) is 96.9 Å². The SMILES string of the molecule is CCS(=O)(=O)N1CCC(C(=O)OCc2csc(N(C(C)=O)c3cccc(C)c3C)n2)CC1. The third-order valence-corrected chi connectivity index (χ3v) is 8.53. The van der Waals surface area contributed by atoms with Gasteiger partial charge in [0.1, 0.15) is 6.61 Å². The van der Waals surface area contributed by atoms with Crippen LogP contribution in [-0.4, -0.2) is 48.4 Å². The summed E-state index contributed by atoms with van der Waals surface area (Å²) in [6.07, 6.45) is 0.899. The molecule has 0 radical (unpaired) electrons. The zero-order valence-corrected chi connectivity index (χ0v) is 20.5. The third kappa shape index (κ3) is 5.36. The maximum Gasteiger partial charge on any atom is 0.309 e. The molecule has 0 unspecified atom stereocenters. The van der Waals surface area contributed by atoms with Crippen molar-refractivity contribution in [2.45, 2.75) is 47.1 Å². The number of esters is 1. The number of hydrogen-bond donors (Lipinski definition) is 0. The molecule has 0 aliphatic carbocycles. The summed E-state index contributed by atoms with van der Waals surface area (Å²) in [5.74, 6) is -0.746. The summed E-state index contributed by atoms with van der Waals surface area (Å²) in [6, 6.07) is 5.78. The van der Waals surface area contributed by atoms with Crippen LogP contribution in [0.15, 0.2) is 23.6 Å². The second-order valence-electron chi connectivity index (χ2n) is 7.88. The van der Waals surface area contributed by atoms with Crippen molar-refractivity contribution in [2.24, 2.45) is 5.92 Å². The van der Waals surface area contributed by atoms with Crippen LogP contribution in [0.5, 0.6) is 0 Å². The minimum atomic E-state index is -3.23. The number of anilines is 2. The van der Waals surface area contributed by atoms with Gasteiger partial charge in [-0.2, -0.15) is 0 Å². The minimum absolute atomic E-state index is 0.0152. The molecule has 3 rings (SSSR count). The van der Waals surface area contributed by atoms with Gasteiger partial charge in [0.15, 0.2) is 5.13 Å². The van der Waals surface area contributed by atoms with E-state index in [1.54, 1.807) is 17.2 Å². The molecule has 0 bridgehead atoms. The fraction of sp³-hybridized carbons (Fsp3) is 0.500. The van der Waals surface area contributed by atoms with Crippen molar-refractivity contribution >= 4 is 44.1 Å². The lowest BCUT2D eigenvalue weighted by molar-refractivity contribution is -0.151. The summed E-state index contributed by atoms with van der Waals surface area (Å²) >= 11 is 1.32. The Hall–Kier alpha value is -2.30. The lowest BCUT2D eigenvalue weighted by Crippen LogP contribution is -2.41. The van der Waals surface area contributed by atoms with E-state index in [0.717, 1.165) is 16.8 Å². The molecule has 1 aliphatic rings. The summed E-state index contributed by atoms with van der Waals surface area (Å²) < 4.78 is 30.8. The molecule has 0 spiro atoms. The monoisotopic (exact) mass is 479 g/mol. The Kier molecular flexibility index (Phi) is 7.68. The summed E-state index contributed by atoms with van der Waals surface area (Å²) in [4.78, 5) is 30.9. The van der Waals surface area contributed by atoms with Gasteiger partial charge in [-0.3, -0.25) is 14.5 Å². The fourth-order valence-electron chi connectivity index (χ4n) is 3.67. The van der Waals surface area contributed by atoms with Gasteiger partial charge >= 0.3 is 5.97 Å². The molecule has 1 fully saturated rings. The van der Waals surface area contributed by atoms with Crippen molar-refractivity contribution in [2.75, 3.05) is 23.7 Å². The Morgan fingerprint density at radius 3 is 2.56 bits per heavy atom. The molecular formula is C22H29N3O5S2. The number of benzene rings is 1. The van der Waals surface area contributed by atoms with Gasteiger partial charge in [-0.1, -0.05) is 12.1 Å². The Morgan fingerprint density at radius 2 is 1.94 bits per heavy atom. The van der Waals surface area contributed by atoms with E-state index in [0.29, 0.717) is 36.8 Å². The predicted molar refractivity (Wildman–Crippen MR) is 124 cm³/mol. The second-order valence-corrected chi connectivity index (χ2v) is 11.0. The first-order chi connectivity index (χ1) is 15.1. The molecule has 8 nitrogen and oxygen atoms in total. The van der Waals surface area contributed by atoms with Gasteiger partial charge in [-0.25, -0.2) is 17.7 Å². The van der Waals surface area contributed by atoms with Crippen LogP contribution in [0.2, 0.25) is 0 Å². The largest absolute Gasteiger partial charge is 0.459 e. The zero-order valence-electron chi connectivity index (χ0n) is 18.8. The number of hydrogen-bond acceptors (Lipinski definition) is 7. The number of aryl methyl sites for hydroxylation is 1. The number of nitrogens with zero attached hydrogens (tertiary/aromatic N) is 3. The molecule has 174 valence electrons. The van der Waals surface area contributed by atoms with Crippen LogP contribution in [0.4, 0.5) is 10.8 Å². The molecule has 1 aromatic carbocycles. The molecule has 0 atom stereocenters. The molecule has 2 aromatic rings. The number of sulfonamides is 1.